The quantitative estimate of drug-likeness (QED) is 0.697. The molecule has 1 amide bonds. The number of carboxylic acid groups (broad SMARTS) is 1. The SMILES string of the molecule is COCCOCC1CCN(C(=O)CCc2ccccc2C(=O)O)C1. The van der Waals surface area contributed by atoms with Crippen molar-refractivity contribution in [3.63, 3.8) is 0 Å². The van der Waals surface area contributed by atoms with Crippen molar-refractivity contribution in [1.29, 1.82) is 0 Å². The summed E-state index contributed by atoms with van der Waals surface area (Å²) < 4.78 is 10.5. The number of aromatic carboxylic acids is 1. The van der Waals surface area contributed by atoms with Gasteiger partial charge in [0.05, 0.1) is 25.4 Å². The van der Waals surface area contributed by atoms with Crippen molar-refractivity contribution in [2.75, 3.05) is 40.0 Å². The lowest BCUT2D eigenvalue weighted by atomic mass is 10.0. The fraction of sp³-hybridized carbons (Fsp3) is 0.556. The minimum absolute atomic E-state index is 0.0783. The van der Waals surface area contributed by atoms with Crippen LogP contribution in [0.3, 0.4) is 0 Å². The van der Waals surface area contributed by atoms with Gasteiger partial charge in [-0.3, -0.25) is 4.79 Å². The van der Waals surface area contributed by atoms with E-state index in [0.29, 0.717) is 50.7 Å². The topological polar surface area (TPSA) is 76.1 Å². The van der Waals surface area contributed by atoms with E-state index in [4.69, 9.17) is 9.47 Å². The first-order valence-electron chi connectivity index (χ1n) is 8.27. The number of carbonyl (C=O) groups excluding carboxylic acids is 1. The van der Waals surface area contributed by atoms with Gasteiger partial charge in [-0.2, -0.15) is 0 Å². The first-order valence-corrected chi connectivity index (χ1v) is 8.27. The van der Waals surface area contributed by atoms with Crippen LogP contribution in [-0.2, 0) is 20.7 Å². The molecule has 1 saturated heterocycles. The molecule has 6 nitrogen and oxygen atoms in total. The molecule has 24 heavy (non-hydrogen) atoms. The highest BCUT2D eigenvalue weighted by molar-refractivity contribution is 5.89. The van der Waals surface area contributed by atoms with E-state index >= 15 is 0 Å². The molecule has 1 aromatic carbocycles. The summed E-state index contributed by atoms with van der Waals surface area (Å²) >= 11 is 0. The van der Waals surface area contributed by atoms with E-state index in [1.54, 1.807) is 31.4 Å². The predicted octanol–water partition coefficient (Wildman–Crippen LogP) is 1.83. The molecule has 0 radical (unpaired) electrons. The van der Waals surface area contributed by atoms with Gasteiger partial charge in [-0.25, -0.2) is 4.79 Å². The number of carbonyl (C=O) groups is 2. The second-order valence-electron chi connectivity index (χ2n) is 6.02. The van der Waals surface area contributed by atoms with Gasteiger partial charge in [-0.05, 0) is 24.5 Å². The molecular weight excluding hydrogens is 310 g/mol. The summed E-state index contributed by atoms with van der Waals surface area (Å²) in [4.78, 5) is 25.4. The summed E-state index contributed by atoms with van der Waals surface area (Å²) in [5, 5.41) is 9.18. The number of benzene rings is 1. The van der Waals surface area contributed by atoms with Gasteiger partial charge in [-0.15, -0.1) is 0 Å². The van der Waals surface area contributed by atoms with Gasteiger partial charge in [-0.1, -0.05) is 18.2 Å². The first kappa shape index (κ1) is 18.4. The molecule has 0 spiro atoms. The van der Waals surface area contributed by atoms with Crippen LogP contribution in [0.15, 0.2) is 24.3 Å². The summed E-state index contributed by atoms with van der Waals surface area (Å²) in [5.41, 5.74) is 0.980. The van der Waals surface area contributed by atoms with E-state index in [9.17, 15) is 14.7 Å². The molecule has 1 heterocycles. The number of carboxylic acids is 1. The monoisotopic (exact) mass is 335 g/mol. The minimum Gasteiger partial charge on any atom is -0.478 e. The maximum absolute atomic E-state index is 12.3. The number of ether oxygens (including phenoxy) is 2. The average molecular weight is 335 g/mol. The minimum atomic E-state index is -0.951. The Morgan fingerprint density at radius 3 is 2.83 bits per heavy atom. The van der Waals surface area contributed by atoms with Gasteiger partial charge >= 0.3 is 5.97 Å². The number of aryl methyl sites for hydroxylation is 1. The molecule has 1 fully saturated rings. The van der Waals surface area contributed by atoms with Gasteiger partial charge in [0.2, 0.25) is 5.91 Å². The van der Waals surface area contributed by atoms with Crippen LogP contribution in [0.5, 0.6) is 0 Å². The van der Waals surface area contributed by atoms with Crippen molar-refractivity contribution in [2.45, 2.75) is 19.3 Å². The van der Waals surface area contributed by atoms with Crippen molar-refractivity contribution in [3.05, 3.63) is 35.4 Å². The smallest absolute Gasteiger partial charge is 0.335 e. The summed E-state index contributed by atoms with van der Waals surface area (Å²) in [6.45, 7) is 3.27. The number of hydrogen-bond donors (Lipinski definition) is 1. The molecule has 2 rings (SSSR count). The summed E-state index contributed by atoms with van der Waals surface area (Å²) in [6, 6.07) is 6.84. The van der Waals surface area contributed by atoms with E-state index in [-0.39, 0.29) is 11.5 Å². The fourth-order valence-corrected chi connectivity index (χ4v) is 2.93. The Bertz CT molecular complexity index is 560. The van der Waals surface area contributed by atoms with Crippen LogP contribution in [-0.4, -0.2) is 61.9 Å². The molecular formula is C18H25NO5. The van der Waals surface area contributed by atoms with Crippen LogP contribution in [0.25, 0.3) is 0 Å². The lowest BCUT2D eigenvalue weighted by Gasteiger charge is -2.17. The van der Waals surface area contributed by atoms with E-state index in [1.165, 1.54) is 0 Å². The second-order valence-corrected chi connectivity index (χ2v) is 6.02. The Morgan fingerprint density at radius 2 is 2.08 bits per heavy atom. The third kappa shape index (κ3) is 5.32. The van der Waals surface area contributed by atoms with Crippen LogP contribution in [0.1, 0.15) is 28.8 Å². The zero-order chi connectivity index (χ0) is 17.4. The molecule has 1 N–H and O–H groups in total. The highest BCUT2D eigenvalue weighted by Crippen LogP contribution is 2.19. The molecule has 1 aliphatic heterocycles. The maximum atomic E-state index is 12.3. The van der Waals surface area contributed by atoms with Crippen molar-refractivity contribution in [1.82, 2.24) is 4.90 Å². The summed E-state index contributed by atoms with van der Waals surface area (Å²) in [6.07, 6.45) is 1.73. The normalized spacial score (nSPS) is 17.2. The first-order chi connectivity index (χ1) is 11.6. The molecule has 1 atom stereocenters. The van der Waals surface area contributed by atoms with Gasteiger partial charge in [0, 0.05) is 32.5 Å². The Kier molecular flexibility index (Phi) is 7.21. The van der Waals surface area contributed by atoms with Crippen molar-refractivity contribution in [3.8, 4) is 0 Å². The van der Waals surface area contributed by atoms with Gasteiger partial charge in [0.15, 0.2) is 0 Å². The molecule has 0 aliphatic carbocycles. The fourth-order valence-electron chi connectivity index (χ4n) is 2.93. The third-order valence-electron chi connectivity index (χ3n) is 4.28. The lowest BCUT2D eigenvalue weighted by Crippen LogP contribution is -2.29. The molecule has 0 bridgehead atoms. The Hall–Kier alpha value is -1.92. The molecule has 0 aromatic heterocycles. The number of methoxy groups -OCH3 is 1. The Morgan fingerprint density at radius 1 is 1.29 bits per heavy atom. The zero-order valence-electron chi connectivity index (χ0n) is 14.1. The Labute approximate surface area is 142 Å². The van der Waals surface area contributed by atoms with Crippen LogP contribution in [0.2, 0.25) is 0 Å². The summed E-state index contributed by atoms with van der Waals surface area (Å²) in [5.74, 6) is -0.501. The number of likely N-dealkylation sites (tertiary alicyclic amines) is 1. The van der Waals surface area contributed by atoms with E-state index < -0.39 is 5.97 Å². The number of rotatable bonds is 9. The van der Waals surface area contributed by atoms with Crippen LogP contribution in [0, 0.1) is 5.92 Å². The van der Waals surface area contributed by atoms with E-state index in [1.807, 2.05) is 4.90 Å². The van der Waals surface area contributed by atoms with Gasteiger partial charge < -0.3 is 19.5 Å². The number of hydrogen-bond acceptors (Lipinski definition) is 4. The van der Waals surface area contributed by atoms with Crippen LogP contribution in [0.4, 0.5) is 0 Å². The highest BCUT2D eigenvalue weighted by atomic mass is 16.5. The van der Waals surface area contributed by atoms with Crippen molar-refractivity contribution < 1.29 is 24.2 Å². The van der Waals surface area contributed by atoms with Crippen LogP contribution < -0.4 is 0 Å². The standard InChI is InChI=1S/C18H25NO5/c1-23-10-11-24-13-14-8-9-19(12-14)17(20)7-6-15-4-2-3-5-16(15)18(21)22/h2-5,14H,6-13H2,1H3,(H,21,22). The van der Waals surface area contributed by atoms with E-state index in [2.05, 4.69) is 0 Å². The third-order valence-corrected chi connectivity index (χ3v) is 4.28. The average Bonchev–Trinajstić information content (AvgIpc) is 3.06. The lowest BCUT2D eigenvalue weighted by molar-refractivity contribution is -0.130. The number of amides is 1. The van der Waals surface area contributed by atoms with Gasteiger partial charge in [0.1, 0.15) is 0 Å². The van der Waals surface area contributed by atoms with Gasteiger partial charge in [0.25, 0.3) is 0 Å². The predicted molar refractivity (Wildman–Crippen MR) is 89.1 cm³/mol. The van der Waals surface area contributed by atoms with Crippen molar-refractivity contribution >= 4 is 11.9 Å². The highest BCUT2D eigenvalue weighted by Gasteiger charge is 2.26. The second kappa shape index (κ2) is 9.39. The Balaban J connectivity index is 1.77. The molecule has 132 valence electrons. The molecule has 1 unspecified atom stereocenters. The van der Waals surface area contributed by atoms with Crippen molar-refractivity contribution in [2.24, 2.45) is 5.92 Å². The van der Waals surface area contributed by atoms with Crippen LogP contribution >= 0.6 is 0 Å². The molecule has 1 aliphatic rings. The molecule has 0 saturated carbocycles. The zero-order valence-corrected chi connectivity index (χ0v) is 14.1. The summed E-state index contributed by atoms with van der Waals surface area (Å²) in [7, 11) is 1.64. The number of nitrogens with zero attached hydrogens (tertiary/aromatic N) is 1. The molecule has 6 heteroatoms. The van der Waals surface area contributed by atoms with E-state index in [0.717, 1.165) is 13.0 Å². The molecule has 1 aromatic rings. The largest absolute Gasteiger partial charge is 0.478 e. The maximum Gasteiger partial charge on any atom is 0.335 e.